The fraction of sp³-hybridized carbons (Fsp3) is 0.588. The minimum Gasteiger partial charge on any atom is -0.450 e. The van der Waals surface area contributed by atoms with E-state index in [1.165, 1.54) is 5.56 Å². The second-order valence-electron chi connectivity index (χ2n) is 5.97. The predicted octanol–water partition coefficient (Wildman–Crippen LogP) is 2.69. The molecule has 1 N–H and O–H groups in total. The molecule has 0 spiro atoms. The van der Waals surface area contributed by atoms with Gasteiger partial charge in [0, 0.05) is 13.6 Å². The molecular weight excluding hydrogens is 264 g/mol. The largest absolute Gasteiger partial charge is 0.450 e. The summed E-state index contributed by atoms with van der Waals surface area (Å²) in [6, 6.07) is 10.6. The first kappa shape index (κ1) is 15.8. The summed E-state index contributed by atoms with van der Waals surface area (Å²) in [5, 5.41) is 3.42. The van der Waals surface area contributed by atoms with Gasteiger partial charge >= 0.3 is 6.09 Å². The molecule has 4 nitrogen and oxygen atoms in total. The lowest BCUT2D eigenvalue weighted by atomic mass is 9.74. The third-order valence-electron chi connectivity index (χ3n) is 4.24. The Morgan fingerprint density at radius 1 is 1.29 bits per heavy atom. The van der Waals surface area contributed by atoms with Crippen molar-refractivity contribution in [1.29, 1.82) is 0 Å². The van der Waals surface area contributed by atoms with Crippen LogP contribution in [0.5, 0.6) is 0 Å². The summed E-state index contributed by atoms with van der Waals surface area (Å²) in [5.74, 6) is 0. The Kier molecular flexibility index (Phi) is 5.62. The monoisotopic (exact) mass is 290 g/mol. The van der Waals surface area contributed by atoms with Crippen molar-refractivity contribution in [2.45, 2.75) is 26.2 Å². The van der Waals surface area contributed by atoms with Gasteiger partial charge in [-0.1, -0.05) is 30.3 Å². The Hall–Kier alpha value is -1.55. The van der Waals surface area contributed by atoms with Gasteiger partial charge in [-0.15, -0.1) is 0 Å². The number of nitrogens with zero attached hydrogens (tertiary/aromatic N) is 1. The molecule has 0 saturated carbocycles. The lowest BCUT2D eigenvalue weighted by molar-refractivity contribution is 0.0831. The molecular formula is C17H26N2O2. The van der Waals surface area contributed by atoms with Crippen molar-refractivity contribution in [3.8, 4) is 0 Å². The molecule has 1 aromatic carbocycles. The van der Waals surface area contributed by atoms with E-state index < -0.39 is 0 Å². The Morgan fingerprint density at radius 3 is 2.57 bits per heavy atom. The standard InChI is InChI=1S/C17H26N2O2/c1-3-21-16(20)19(2)14-17(9-11-18-12-10-17)13-15-7-5-4-6-8-15/h4-8,18H,3,9-14H2,1-2H3. The molecule has 1 saturated heterocycles. The molecule has 0 aromatic heterocycles. The zero-order valence-electron chi connectivity index (χ0n) is 13.1. The number of benzene rings is 1. The van der Waals surface area contributed by atoms with Crippen LogP contribution in [0.25, 0.3) is 0 Å². The van der Waals surface area contributed by atoms with Gasteiger partial charge in [0.15, 0.2) is 0 Å². The van der Waals surface area contributed by atoms with Crippen molar-refractivity contribution in [3.05, 3.63) is 35.9 Å². The van der Waals surface area contributed by atoms with Crippen LogP contribution >= 0.6 is 0 Å². The van der Waals surface area contributed by atoms with Crippen LogP contribution in [0.1, 0.15) is 25.3 Å². The summed E-state index contributed by atoms with van der Waals surface area (Å²) in [6.07, 6.45) is 2.97. The van der Waals surface area contributed by atoms with Crippen LogP contribution in [0.4, 0.5) is 4.79 Å². The smallest absolute Gasteiger partial charge is 0.409 e. The number of rotatable bonds is 5. The van der Waals surface area contributed by atoms with E-state index >= 15 is 0 Å². The third-order valence-corrected chi connectivity index (χ3v) is 4.24. The highest BCUT2D eigenvalue weighted by Crippen LogP contribution is 2.34. The first-order chi connectivity index (χ1) is 10.2. The van der Waals surface area contributed by atoms with Crippen molar-refractivity contribution in [2.75, 3.05) is 33.3 Å². The molecule has 4 heteroatoms. The van der Waals surface area contributed by atoms with E-state index in [1.807, 2.05) is 20.0 Å². The van der Waals surface area contributed by atoms with Crippen molar-refractivity contribution in [1.82, 2.24) is 10.2 Å². The van der Waals surface area contributed by atoms with Crippen molar-refractivity contribution in [3.63, 3.8) is 0 Å². The molecule has 1 aliphatic heterocycles. The minimum atomic E-state index is -0.219. The summed E-state index contributed by atoms with van der Waals surface area (Å²) < 4.78 is 5.11. The number of piperidine rings is 1. The van der Waals surface area contributed by atoms with E-state index in [4.69, 9.17) is 4.74 Å². The average Bonchev–Trinajstić information content (AvgIpc) is 2.49. The average molecular weight is 290 g/mol. The SMILES string of the molecule is CCOC(=O)N(C)CC1(Cc2ccccc2)CCNCC1. The first-order valence-corrected chi connectivity index (χ1v) is 7.78. The van der Waals surface area contributed by atoms with Gasteiger partial charge in [-0.2, -0.15) is 0 Å². The number of hydrogen-bond donors (Lipinski definition) is 1. The number of ether oxygens (including phenoxy) is 1. The summed E-state index contributed by atoms with van der Waals surface area (Å²) >= 11 is 0. The van der Waals surface area contributed by atoms with E-state index in [0.29, 0.717) is 6.61 Å². The molecule has 0 unspecified atom stereocenters. The normalized spacial score (nSPS) is 17.2. The van der Waals surface area contributed by atoms with E-state index in [1.54, 1.807) is 4.90 Å². The van der Waals surface area contributed by atoms with E-state index in [0.717, 1.165) is 38.9 Å². The first-order valence-electron chi connectivity index (χ1n) is 7.78. The van der Waals surface area contributed by atoms with Gasteiger partial charge in [0.1, 0.15) is 0 Å². The number of hydrogen-bond acceptors (Lipinski definition) is 3. The fourth-order valence-electron chi connectivity index (χ4n) is 3.18. The Labute approximate surface area is 127 Å². The van der Waals surface area contributed by atoms with Gasteiger partial charge in [-0.3, -0.25) is 0 Å². The zero-order chi connectivity index (χ0) is 15.1. The second-order valence-corrected chi connectivity index (χ2v) is 5.97. The molecule has 0 radical (unpaired) electrons. The Balaban J connectivity index is 2.08. The fourth-order valence-corrected chi connectivity index (χ4v) is 3.18. The highest BCUT2D eigenvalue weighted by molar-refractivity contribution is 5.67. The molecule has 1 fully saturated rings. The number of nitrogens with one attached hydrogen (secondary N) is 1. The third kappa shape index (κ3) is 4.46. The maximum atomic E-state index is 11.9. The van der Waals surface area contributed by atoms with Crippen LogP contribution in [-0.4, -0.2) is 44.3 Å². The molecule has 21 heavy (non-hydrogen) atoms. The highest BCUT2D eigenvalue weighted by Gasteiger charge is 2.34. The summed E-state index contributed by atoms with van der Waals surface area (Å²) in [7, 11) is 1.84. The van der Waals surface area contributed by atoms with E-state index in [-0.39, 0.29) is 11.5 Å². The van der Waals surface area contributed by atoms with Gasteiger partial charge in [-0.05, 0) is 50.3 Å². The topological polar surface area (TPSA) is 41.6 Å². The molecule has 1 aliphatic rings. The Bertz CT molecular complexity index is 441. The van der Waals surface area contributed by atoms with E-state index in [2.05, 4.69) is 29.6 Å². The molecule has 1 heterocycles. The van der Waals surface area contributed by atoms with Gasteiger partial charge in [0.25, 0.3) is 0 Å². The second kappa shape index (κ2) is 7.46. The molecule has 2 rings (SSSR count). The summed E-state index contributed by atoms with van der Waals surface area (Å²) in [4.78, 5) is 13.6. The van der Waals surface area contributed by atoms with Gasteiger partial charge in [-0.25, -0.2) is 4.79 Å². The van der Waals surface area contributed by atoms with Crippen LogP contribution in [0, 0.1) is 5.41 Å². The lowest BCUT2D eigenvalue weighted by Gasteiger charge is -2.40. The lowest BCUT2D eigenvalue weighted by Crippen LogP contribution is -2.46. The maximum Gasteiger partial charge on any atom is 0.409 e. The van der Waals surface area contributed by atoms with Gasteiger partial charge in [0.05, 0.1) is 6.61 Å². The summed E-state index contributed by atoms with van der Waals surface area (Å²) in [5.41, 5.74) is 1.49. The minimum absolute atomic E-state index is 0.147. The molecule has 1 aromatic rings. The van der Waals surface area contributed by atoms with Crippen LogP contribution in [0.3, 0.4) is 0 Å². The van der Waals surface area contributed by atoms with Crippen LogP contribution in [0.2, 0.25) is 0 Å². The van der Waals surface area contributed by atoms with Crippen LogP contribution in [-0.2, 0) is 11.2 Å². The van der Waals surface area contributed by atoms with Crippen LogP contribution in [0.15, 0.2) is 30.3 Å². The summed E-state index contributed by atoms with van der Waals surface area (Å²) in [6.45, 7) is 5.06. The van der Waals surface area contributed by atoms with Crippen LogP contribution < -0.4 is 5.32 Å². The zero-order valence-corrected chi connectivity index (χ0v) is 13.1. The van der Waals surface area contributed by atoms with Gasteiger partial charge < -0.3 is 15.0 Å². The van der Waals surface area contributed by atoms with Crippen molar-refractivity contribution >= 4 is 6.09 Å². The predicted molar refractivity (Wildman–Crippen MR) is 84.3 cm³/mol. The van der Waals surface area contributed by atoms with Crippen molar-refractivity contribution < 1.29 is 9.53 Å². The highest BCUT2D eigenvalue weighted by atomic mass is 16.5. The quantitative estimate of drug-likeness (QED) is 0.906. The molecule has 0 atom stereocenters. The molecule has 0 bridgehead atoms. The van der Waals surface area contributed by atoms with Gasteiger partial charge in [0.2, 0.25) is 0 Å². The van der Waals surface area contributed by atoms with E-state index in [9.17, 15) is 4.79 Å². The molecule has 1 amide bonds. The molecule has 116 valence electrons. The maximum absolute atomic E-state index is 11.9. The Morgan fingerprint density at radius 2 is 1.95 bits per heavy atom. The number of carbonyl (C=O) groups is 1. The number of amides is 1. The molecule has 0 aliphatic carbocycles. The van der Waals surface area contributed by atoms with Crippen molar-refractivity contribution in [2.24, 2.45) is 5.41 Å². The number of carbonyl (C=O) groups excluding carboxylic acids is 1.